The maximum Gasteiger partial charge on any atom is 0.123 e. The highest BCUT2D eigenvalue weighted by molar-refractivity contribution is 9.10. The summed E-state index contributed by atoms with van der Waals surface area (Å²) >= 11 is 3.37. The van der Waals surface area contributed by atoms with E-state index in [4.69, 9.17) is 0 Å². The van der Waals surface area contributed by atoms with Crippen molar-refractivity contribution in [3.05, 3.63) is 40.8 Å². The lowest BCUT2D eigenvalue weighted by molar-refractivity contribution is 0.628. The average Bonchev–Trinajstić information content (AvgIpc) is 2.46. The molecule has 0 amide bonds. The number of aromatic nitrogens is 2. The lowest BCUT2D eigenvalue weighted by atomic mass is 10.1. The van der Waals surface area contributed by atoms with Crippen LogP contribution >= 0.6 is 15.9 Å². The Labute approximate surface area is 89.5 Å². The number of benzene rings is 1. The highest BCUT2D eigenvalue weighted by atomic mass is 79.9. The zero-order valence-electron chi connectivity index (χ0n) is 7.54. The van der Waals surface area contributed by atoms with E-state index >= 15 is 0 Å². The first kappa shape index (κ1) is 9.40. The first-order chi connectivity index (χ1) is 6.68. The molecule has 0 saturated carbocycles. The van der Waals surface area contributed by atoms with E-state index in [0.29, 0.717) is 0 Å². The van der Waals surface area contributed by atoms with E-state index in [1.54, 1.807) is 16.9 Å². The lowest BCUT2D eigenvalue weighted by Crippen LogP contribution is -1.93. The Bertz CT molecular complexity index is 445. The molecule has 0 spiro atoms. The van der Waals surface area contributed by atoms with Crippen molar-refractivity contribution in [2.24, 2.45) is 7.05 Å². The lowest BCUT2D eigenvalue weighted by Gasteiger charge is -2.02. The van der Waals surface area contributed by atoms with Crippen LogP contribution in [0, 0.1) is 5.82 Å². The van der Waals surface area contributed by atoms with Crippen molar-refractivity contribution >= 4 is 15.9 Å². The van der Waals surface area contributed by atoms with E-state index in [9.17, 15) is 4.39 Å². The Morgan fingerprint density at radius 2 is 2.21 bits per heavy atom. The maximum atomic E-state index is 13.0. The molecule has 0 atom stereocenters. The molecular formula is C10H8BrFN2. The van der Waals surface area contributed by atoms with Crippen molar-refractivity contribution in [3.8, 4) is 11.3 Å². The van der Waals surface area contributed by atoms with Gasteiger partial charge in [0.25, 0.3) is 0 Å². The minimum atomic E-state index is -0.240. The van der Waals surface area contributed by atoms with Crippen molar-refractivity contribution in [3.63, 3.8) is 0 Å². The summed E-state index contributed by atoms with van der Waals surface area (Å²) in [5.41, 5.74) is 1.70. The minimum absolute atomic E-state index is 0.240. The van der Waals surface area contributed by atoms with Crippen LogP contribution in [0.2, 0.25) is 0 Å². The van der Waals surface area contributed by atoms with Crippen LogP contribution in [-0.4, -0.2) is 9.78 Å². The molecule has 72 valence electrons. The Kier molecular flexibility index (Phi) is 2.37. The topological polar surface area (TPSA) is 17.8 Å². The maximum absolute atomic E-state index is 13.0. The van der Waals surface area contributed by atoms with Crippen molar-refractivity contribution in [2.75, 3.05) is 0 Å². The van der Waals surface area contributed by atoms with Crippen molar-refractivity contribution in [1.82, 2.24) is 9.78 Å². The quantitative estimate of drug-likeness (QED) is 0.765. The van der Waals surface area contributed by atoms with E-state index in [1.807, 2.05) is 13.1 Å². The zero-order valence-corrected chi connectivity index (χ0v) is 9.12. The molecule has 1 aromatic heterocycles. The van der Waals surface area contributed by atoms with Gasteiger partial charge in [-0.25, -0.2) is 4.39 Å². The third-order valence-electron chi connectivity index (χ3n) is 1.99. The second-order valence-corrected chi connectivity index (χ2v) is 3.83. The molecule has 1 aromatic carbocycles. The van der Waals surface area contributed by atoms with Crippen LogP contribution in [0.1, 0.15) is 0 Å². The van der Waals surface area contributed by atoms with Crippen LogP contribution in [0.15, 0.2) is 34.9 Å². The number of rotatable bonds is 1. The van der Waals surface area contributed by atoms with Gasteiger partial charge in [-0.3, -0.25) is 4.68 Å². The fourth-order valence-electron chi connectivity index (χ4n) is 1.37. The monoisotopic (exact) mass is 254 g/mol. The summed E-state index contributed by atoms with van der Waals surface area (Å²) in [5, 5.41) is 4.07. The molecule has 2 rings (SSSR count). The fourth-order valence-corrected chi connectivity index (χ4v) is 1.95. The van der Waals surface area contributed by atoms with Crippen molar-refractivity contribution < 1.29 is 4.39 Å². The highest BCUT2D eigenvalue weighted by Crippen LogP contribution is 2.27. The van der Waals surface area contributed by atoms with Crippen LogP contribution in [-0.2, 0) is 7.05 Å². The van der Waals surface area contributed by atoms with Crippen molar-refractivity contribution in [1.29, 1.82) is 0 Å². The number of hydrogen-bond donors (Lipinski definition) is 0. The molecule has 4 heteroatoms. The second kappa shape index (κ2) is 3.53. The molecule has 0 aliphatic carbocycles. The minimum Gasteiger partial charge on any atom is -0.267 e. The molecule has 0 aliphatic heterocycles. The third-order valence-corrected chi connectivity index (χ3v) is 2.57. The summed E-state index contributed by atoms with van der Waals surface area (Å²) in [6.07, 6.45) is 1.69. The normalized spacial score (nSPS) is 10.5. The third kappa shape index (κ3) is 1.57. The van der Waals surface area contributed by atoms with Crippen LogP contribution in [0.5, 0.6) is 0 Å². The first-order valence-electron chi connectivity index (χ1n) is 4.12. The molecule has 0 bridgehead atoms. The summed E-state index contributed by atoms with van der Waals surface area (Å²) in [4.78, 5) is 0. The fraction of sp³-hybridized carbons (Fsp3) is 0.100. The van der Waals surface area contributed by atoms with Gasteiger partial charge >= 0.3 is 0 Å². The molecule has 2 nitrogen and oxygen atoms in total. The van der Waals surface area contributed by atoms with Gasteiger partial charge in [-0.05, 0) is 28.1 Å². The molecule has 0 N–H and O–H groups in total. The van der Waals surface area contributed by atoms with Crippen molar-refractivity contribution in [2.45, 2.75) is 0 Å². The summed E-state index contributed by atoms with van der Waals surface area (Å²) in [7, 11) is 1.82. The molecule has 0 saturated heterocycles. The largest absolute Gasteiger partial charge is 0.267 e. The summed E-state index contributed by atoms with van der Waals surface area (Å²) < 4.78 is 15.6. The van der Waals surface area contributed by atoms with Gasteiger partial charge in [0, 0.05) is 12.6 Å². The van der Waals surface area contributed by atoms with Gasteiger partial charge < -0.3 is 0 Å². The van der Waals surface area contributed by atoms with Gasteiger partial charge in [-0.15, -0.1) is 0 Å². The van der Waals surface area contributed by atoms with Gasteiger partial charge in [-0.2, -0.15) is 5.10 Å². The SMILES string of the molecule is Cn1ncc(Br)c1-c1cccc(F)c1. The van der Waals surface area contributed by atoms with Crippen LogP contribution < -0.4 is 0 Å². The van der Waals surface area contributed by atoms with E-state index < -0.39 is 0 Å². The molecule has 0 radical (unpaired) electrons. The van der Waals surface area contributed by atoms with Gasteiger partial charge in [0.1, 0.15) is 5.82 Å². The summed E-state index contributed by atoms with van der Waals surface area (Å²) in [6.45, 7) is 0. The molecule has 0 unspecified atom stereocenters. The smallest absolute Gasteiger partial charge is 0.123 e. The van der Waals surface area contributed by atoms with E-state index in [0.717, 1.165) is 15.7 Å². The Morgan fingerprint density at radius 3 is 2.79 bits per heavy atom. The summed E-state index contributed by atoms with van der Waals surface area (Å²) in [5.74, 6) is -0.240. The predicted octanol–water partition coefficient (Wildman–Crippen LogP) is 2.99. The second-order valence-electron chi connectivity index (χ2n) is 2.98. The highest BCUT2D eigenvalue weighted by Gasteiger charge is 2.08. The van der Waals surface area contributed by atoms with Gasteiger partial charge in [0.15, 0.2) is 0 Å². The molecule has 1 heterocycles. The van der Waals surface area contributed by atoms with Crippen LogP contribution in [0.3, 0.4) is 0 Å². The zero-order chi connectivity index (χ0) is 10.1. The Hall–Kier alpha value is -1.16. The molecule has 0 fully saturated rings. The number of halogens is 2. The average molecular weight is 255 g/mol. The van der Waals surface area contributed by atoms with Gasteiger partial charge in [-0.1, -0.05) is 12.1 Å². The van der Waals surface area contributed by atoms with E-state index in [-0.39, 0.29) is 5.82 Å². The Balaban J connectivity index is 2.59. The first-order valence-corrected chi connectivity index (χ1v) is 4.91. The van der Waals surface area contributed by atoms with E-state index in [1.165, 1.54) is 12.1 Å². The number of nitrogens with zero attached hydrogens (tertiary/aromatic N) is 2. The molecule has 0 aliphatic rings. The molecule has 14 heavy (non-hydrogen) atoms. The molecule has 2 aromatic rings. The summed E-state index contributed by atoms with van der Waals surface area (Å²) in [6, 6.07) is 6.45. The molecular weight excluding hydrogens is 247 g/mol. The van der Waals surface area contributed by atoms with Gasteiger partial charge in [0.2, 0.25) is 0 Å². The van der Waals surface area contributed by atoms with Crippen LogP contribution in [0.4, 0.5) is 4.39 Å². The van der Waals surface area contributed by atoms with E-state index in [2.05, 4.69) is 21.0 Å². The predicted molar refractivity (Wildman–Crippen MR) is 56.3 cm³/mol. The number of hydrogen-bond acceptors (Lipinski definition) is 1. The standard InChI is InChI=1S/C10H8BrFN2/c1-14-10(9(11)6-13-14)7-3-2-4-8(12)5-7/h2-6H,1H3. The number of aryl methyl sites for hydroxylation is 1. The van der Waals surface area contributed by atoms with Crippen LogP contribution in [0.25, 0.3) is 11.3 Å². The Morgan fingerprint density at radius 1 is 1.43 bits per heavy atom. The van der Waals surface area contributed by atoms with Gasteiger partial charge in [0.05, 0.1) is 16.4 Å².